The molecule has 2 aromatic rings. The van der Waals surface area contributed by atoms with Crippen molar-refractivity contribution in [3.05, 3.63) is 52.9 Å². The summed E-state index contributed by atoms with van der Waals surface area (Å²) in [4.78, 5) is 25.9. The summed E-state index contributed by atoms with van der Waals surface area (Å²) in [5, 5.41) is 9.08. The van der Waals surface area contributed by atoms with Crippen molar-refractivity contribution in [2.45, 2.75) is 13.0 Å². The van der Waals surface area contributed by atoms with E-state index in [4.69, 9.17) is 31.5 Å². The van der Waals surface area contributed by atoms with E-state index in [1.807, 2.05) is 0 Å². The maximum atomic E-state index is 13.0. The summed E-state index contributed by atoms with van der Waals surface area (Å²) >= 11 is 6.57. The third-order valence-electron chi connectivity index (χ3n) is 4.27. The highest BCUT2D eigenvalue weighted by atomic mass is 32.2. The van der Waals surface area contributed by atoms with Gasteiger partial charge in [-0.1, -0.05) is 42.2 Å². The van der Waals surface area contributed by atoms with Crippen LogP contribution in [-0.2, 0) is 9.59 Å². The van der Waals surface area contributed by atoms with E-state index in [-0.39, 0.29) is 12.7 Å². The highest BCUT2D eigenvalue weighted by Gasteiger charge is 2.34. The summed E-state index contributed by atoms with van der Waals surface area (Å²) in [7, 11) is 0. The highest BCUT2D eigenvalue weighted by Crippen LogP contribution is 2.41. The van der Waals surface area contributed by atoms with Gasteiger partial charge in [0.2, 0.25) is 6.79 Å². The van der Waals surface area contributed by atoms with Crippen molar-refractivity contribution in [3.63, 3.8) is 0 Å². The Morgan fingerprint density at radius 1 is 1.28 bits per heavy atom. The van der Waals surface area contributed by atoms with Gasteiger partial charge < -0.3 is 19.3 Å². The van der Waals surface area contributed by atoms with Crippen molar-refractivity contribution in [1.82, 2.24) is 0 Å². The van der Waals surface area contributed by atoms with E-state index in [0.717, 1.165) is 11.8 Å². The molecule has 9 heteroatoms. The van der Waals surface area contributed by atoms with Crippen molar-refractivity contribution < 1.29 is 28.9 Å². The number of carboxylic acid groups (broad SMARTS) is 1. The fourth-order valence-corrected chi connectivity index (χ4v) is 4.09. The van der Waals surface area contributed by atoms with Gasteiger partial charge in [0.1, 0.15) is 5.75 Å². The normalized spacial score (nSPS) is 17.7. The van der Waals surface area contributed by atoms with Crippen LogP contribution in [0.1, 0.15) is 12.5 Å². The van der Waals surface area contributed by atoms with Crippen LogP contribution in [0.25, 0.3) is 6.08 Å². The van der Waals surface area contributed by atoms with Gasteiger partial charge >= 0.3 is 5.97 Å². The molecule has 0 aromatic heterocycles. The van der Waals surface area contributed by atoms with Crippen LogP contribution >= 0.6 is 24.0 Å². The number of ether oxygens (including phenoxy) is 3. The van der Waals surface area contributed by atoms with Gasteiger partial charge in [-0.2, -0.15) is 0 Å². The van der Waals surface area contributed by atoms with Crippen LogP contribution in [0.15, 0.2) is 47.4 Å². The predicted octanol–water partition coefficient (Wildman–Crippen LogP) is 3.67. The second-order valence-corrected chi connectivity index (χ2v) is 7.87. The monoisotopic (exact) mass is 429 g/mol. The summed E-state index contributed by atoms with van der Waals surface area (Å²) in [5.74, 6) is 0.194. The molecule has 2 aliphatic heterocycles. The van der Waals surface area contributed by atoms with E-state index < -0.39 is 12.1 Å². The Kier molecular flexibility index (Phi) is 5.16. The first-order valence-corrected chi connectivity index (χ1v) is 9.82. The average Bonchev–Trinajstić information content (AvgIpc) is 3.26. The largest absolute Gasteiger partial charge is 0.479 e. The summed E-state index contributed by atoms with van der Waals surface area (Å²) in [5.41, 5.74) is 1.18. The van der Waals surface area contributed by atoms with E-state index in [9.17, 15) is 9.59 Å². The van der Waals surface area contributed by atoms with Crippen molar-refractivity contribution in [3.8, 4) is 17.2 Å². The molecule has 2 aromatic carbocycles. The second-order valence-electron chi connectivity index (χ2n) is 6.19. The summed E-state index contributed by atoms with van der Waals surface area (Å²) in [6.07, 6.45) is 0.628. The molecule has 148 valence electrons. The zero-order valence-electron chi connectivity index (χ0n) is 15.2. The number of anilines is 1. The number of thioether (sulfide) groups is 1. The Morgan fingerprint density at radius 3 is 2.83 bits per heavy atom. The highest BCUT2D eigenvalue weighted by molar-refractivity contribution is 8.27. The Labute approximate surface area is 175 Å². The number of fused-ring (bicyclic) bond motifs is 1. The molecule has 0 saturated carbocycles. The molecule has 1 fully saturated rings. The molecule has 1 unspecified atom stereocenters. The van der Waals surface area contributed by atoms with Gasteiger partial charge in [0.05, 0.1) is 10.6 Å². The topological polar surface area (TPSA) is 85.3 Å². The lowest BCUT2D eigenvalue weighted by atomic mass is 10.1. The molecule has 0 radical (unpaired) electrons. The van der Waals surface area contributed by atoms with Crippen LogP contribution in [0.5, 0.6) is 17.2 Å². The van der Waals surface area contributed by atoms with Crippen LogP contribution in [0, 0.1) is 0 Å². The van der Waals surface area contributed by atoms with Gasteiger partial charge in [0.15, 0.2) is 21.9 Å². The molecule has 1 atom stereocenters. The molecule has 2 aliphatic rings. The Hall–Kier alpha value is -3.04. The Morgan fingerprint density at radius 2 is 2.03 bits per heavy atom. The van der Waals surface area contributed by atoms with Crippen LogP contribution in [0.3, 0.4) is 0 Å². The van der Waals surface area contributed by atoms with Gasteiger partial charge in [-0.05, 0) is 31.2 Å². The van der Waals surface area contributed by atoms with Gasteiger partial charge in [-0.3, -0.25) is 9.69 Å². The summed E-state index contributed by atoms with van der Waals surface area (Å²) in [6.45, 7) is 1.58. The zero-order valence-corrected chi connectivity index (χ0v) is 16.8. The lowest BCUT2D eigenvalue weighted by Gasteiger charge is -2.15. The number of aliphatic carboxylic acids is 1. The summed E-state index contributed by atoms with van der Waals surface area (Å²) in [6, 6.07) is 12.1. The number of carbonyl (C=O) groups excluding carboxylic acids is 1. The molecule has 0 aliphatic carbocycles. The number of carbonyl (C=O) groups is 2. The molecule has 1 amide bonds. The summed E-state index contributed by atoms with van der Waals surface area (Å²) < 4.78 is 16.6. The number of thiocarbonyl (C=S) groups is 1. The average molecular weight is 429 g/mol. The minimum atomic E-state index is -1.08. The molecule has 7 nitrogen and oxygen atoms in total. The lowest BCUT2D eigenvalue weighted by Crippen LogP contribution is -2.27. The third-order valence-corrected chi connectivity index (χ3v) is 5.57. The van der Waals surface area contributed by atoms with Crippen LogP contribution in [0.4, 0.5) is 5.69 Å². The standard InChI is InChI=1S/C20H15NO6S2/c1-11(19(23)24)27-14-5-3-2-4-12(14)8-17-18(22)21(20(28)29-17)13-6-7-15-16(9-13)26-10-25-15/h2-9,11H,10H2,1H3,(H,23,24)/b17-8+. The number of carboxylic acids is 1. The van der Waals surface area contributed by atoms with Gasteiger partial charge in [-0.25, -0.2) is 4.79 Å². The zero-order chi connectivity index (χ0) is 20.5. The molecule has 29 heavy (non-hydrogen) atoms. The van der Waals surface area contributed by atoms with Crippen molar-refractivity contribution in [2.24, 2.45) is 0 Å². The number of nitrogens with zero attached hydrogens (tertiary/aromatic N) is 1. The second kappa shape index (κ2) is 7.76. The molecule has 4 rings (SSSR count). The quantitative estimate of drug-likeness (QED) is 0.569. The Bertz CT molecular complexity index is 1050. The first-order chi connectivity index (χ1) is 13.9. The number of amides is 1. The van der Waals surface area contributed by atoms with Gasteiger partial charge in [0, 0.05) is 11.6 Å². The first-order valence-electron chi connectivity index (χ1n) is 8.60. The minimum absolute atomic E-state index is 0.141. The number of hydrogen-bond acceptors (Lipinski definition) is 7. The van der Waals surface area contributed by atoms with Gasteiger partial charge in [-0.15, -0.1) is 0 Å². The molecular formula is C20H15NO6S2. The van der Waals surface area contributed by atoms with Crippen LogP contribution in [-0.4, -0.2) is 34.2 Å². The maximum absolute atomic E-state index is 13.0. The number of benzene rings is 2. The minimum Gasteiger partial charge on any atom is -0.479 e. The van der Waals surface area contributed by atoms with Crippen molar-refractivity contribution in [1.29, 1.82) is 0 Å². The fraction of sp³-hybridized carbons (Fsp3) is 0.150. The van der Waals surface area contributed by atoms with E-state index in [0.29, 0.717) is 37.7 Å². The van der Waals surface area contributed by atoms with Crippen LogP contribution < -0.4 is 19.1 Å². The number of hydrogen-bond donors (Lipinski definition) is 1. The van der Waals surface area contributed by atoms with Crippen LogP contribution in [0.2, 0.25) is 0 Å². The molecule has 1 saturated heterocycles. The molecule has 0 spiro atoms. The Balaban J connectivity index is 1.63. The predicted molar refractivity (Wildman–Crippen MR) is 112 cm³/mol. The molecule has 0 bridgehead atoms. The first kappa shape index (κ1) is 19.3. The fourth-order valence-electron chi connectivity index (χ4n) is 2.80. The molecule has 1 N–H and O–H groups in total. The SMILES string of the molecule is CC(Oc1ccccc1/C=C1/SC(=S)N(c2ccc3c(c2)OCO3)C1=O)C(=O)O. The van der Waals surface area contributed by atoms with Gasteiger partial charge in [0.25, 0.3) is 5.91 Å². The maximum Gasteiger partial charge on any atom is 0.344 e. The van der Waals surface area contributed by atoms with Crippen molar-refractivity contribution >= 4 is 51.9 Å². The van der Waals surface area contributed by atoms with E-state index in [1.165, 1.54) is 11.8 Å². The number of para-hydroxylation sites is 1. The molecule has 2 heterocycles. The lowest BCUT2D eigenvalue weighted by molar-refractivity contribution is -0.144. The van der Waals surface area contributed by atoms with E-state index >= 15 is 0 Å². The number of rotatable bonds is 5. The van der Waals surface area contributed by atoms with Crippen molar-refractivity contribution in [2.75, 3.05) is 11.7 Å². The van der Waals surface area contributed by atoms with E-state index in [2.05, 4.69) is 0 Å². The third kappa shape index (κ3) is 3.79. The van der Waals surface area contributed by atoms with E-state index in [1.54, 1.807) is 48.5 Å². The smallest absolute Gasteiger partial charge is 0.344 e. The molecular weight excluding hydrogens is 414 g/mol.